The third kappa shape index (κ3) is 2.90. The van der Waals surface area contributed by atoms with Crippen LogP contribution in [0.1, 0.15) is 5.69 Å². The molecule has 25 heavy (non-hydrogen) atoms. The molecule has 0 spiro atoms. The van der Waals surface area contributed by atoms with Crippen LogP contribution in [0, 0.1) is 17.1 Å². The van der Waals surface area contributed by atoms with E-state index in [4.69, 9.17) is 4.74 Å². The summed E-state index contributed by atoms with van der Waals surface area (Å²) in [5.41, 5.74) is 2.96. The molecule has 1 fully saturated rings. The van der Waals surface area contributed by atoms with Crippen molar-refractivity contribution in [3.8, 4) is 17.3 Å². The molecule has 0 radical (unpaired) electrons. The number of halogens is 1. The predicted molar refractivity (Wildman–Crippen MR) is 92.7 cm³/mol. The van der Waals surface area contributed by atoms with Gasteiger partial charge in [-0.05, 0) is 6.07 Å². The monoisotopic (exact) mass is 334 g/mol. The van der Waals surface area contributed by atoms with E-state index in [0.29, 0.717) is 48.7 Å². The van der Waals surface area contributed by atoms with Crippen LogP contribution in [0.3, 0.4) is 0 Å². The molecular weight excluding hydrogens is 319 g/mol. The topological polar surface area (TPSA) is 62.0 Å². The molecule has 1 saturated heterocycles. The molecular formula is C19H15FN4O. The molecule has 1 aliphatic heterocycles. The largest absolute Gasteiger partial charge is 0.378 e. The average Bonchev–Trinajstić information content (AvgIpc) is 2.68. The molecule has 5 nitrogen and oxygen atoms in total. The van der Waals surface area contributed by atoms with Gasteiger partial charge in [-0.15, -0.1) is 0 Å². The number of benzene rings is 2. The Labute approximate surface area is 144 Å². The van der Waals surface area contributed by atoms with Gasteiger partial charge in [0.15, 0.2) is 5.69 Å². The highest BCUT2D eigenvalue weighted by molar-refractivity contribution is 5.83. The normalized spacial score (nSPS) is 14.5. The van der Waals surface area contributed by atoms with Crippen LogP contribution >= 0.6 is 0 Å². The molecule has 3 aromatic rings. The number of anilines is 1. The second-order valence-corrected chi connectivity index (χ2v) is 5.79. The summed E-state index contributed by atoms with van der Waals surface area (Å²) in [5.74, 6) is -0.361. The van der Waals surface area contributed by atoms with E-state index in [1.54, 1.807) is 6.07 Å². The molecule has 0 unspecified atom stereocenters. The first-order valence-electron chi connectivity index (χ1n) is 8.06. The van der Waals surface area contributed by atoms with Gasteiger partial charge in [-0.1, -0.05) is 30.3 Å². The van der Waals surface area contributed by atoms with Gasteiger partial charge in [0, 0.05) is 24.7 Å². The number of aromatic nitrogens is 2. The fourth-order valence-electron chi connectivity index (χ4n) is 2.99. The molecule has 1 aromatic heterocycles. The molecule has 0 aliphatic carbocycles. The van der Waals surface area contributed by atoms with E-state index >= 15 is 0 Å². The number of morpholine rings is 1. The highest BCUT2D eigenvalue weighted by atomic mass is 19.1. The standard InChI is InChI=1S/C19H15FN4O/c20-14-10-15-16(11-18(14)24-6-8-25-9-7-24)23-19(17(12-21)22-15)13-4-2-1-3-5-13/h1-5,10-11H,6-9H2. The van der Waals surface area contributed by atoms with Gasteiger partial charge in [0.05, 0.1) is 29.9 Å². The Morgan fingerprint density at radius 3 is 2.48 bits per heavy atom. The van der Waals surface area contributed by atoms with Crippen LogP contribution in [-0.2, 0) is 4.74 Å². The lowest BCUT2D eigenvalue weighted by Crippen LogP contribution is -2.36. The highest BCUT2D eigenvalue weighted by Gasteiger charge is 2.18. The molecule has 0 saturated carbocycles. The Morgan fingerprint density at radius 1 is 1.04 bits per heavy atom. The molecule has 0 N–H and O–H groups in total. The quantitative estimate of drug-likeness (QED) is 0.720. The van der Waals surface area contributed by atoms with Crippen molar-refractivity contribution < 1.29 is 9.13 Å². The van der Waals surface area contributed by atoms with Gasteiger partial charge in [-0.25, -0.2) is 14.4 Å². The molecule has 4 rings (SSSR count). The predicted octanol–water partition coefficient (Wildman–Crippen LogP) is 3.14. The van der Waals surface area contributed by atoms with E-state index in [9.17, 15) is 9.65 Å². The van der Waals surface area contributed by atoms with Crippen LogP contribution in [0.2, 0.25) is 0 Å². The second-order valence-electron chi connectivity index (χ2n) is 5.79. The Morgan fingerprint density at radius 2 is 1.76 bits per heavy atom. The van der Waals surface area contributed by atoms with Crippen molar-refractivity contribution in [3.63, 3.8) is 0 Å². The summed E-state index contributed by atoms with van der Waals surface area (Å²) in [6, 6.07) is 14.5. The summed E-state index contributed by atoms with van der Waals surface area (Å²) in [7, 11) is 0. The smallest absolute Gasteiger partial charge is 0.167 e. The maximum atomic E-state index is 14.5. The average molecular weight is 334 g/mol. The van der Waals surface area contributed by atoms with Gasteiger partial charge in [0.25, 0.3) is 0 Å². The lowest BCUT2D eigenvalue weighted by Gasteiger charge is -2.29. The van der Waals surface area contributed by atoms with E-state index in [-0.39, 0.29) is 11.5 Å². The number of nitrogens with zero attached hydrogens (tertiary/aromatic N) is 4. The van der Waals surface area contributed by atoms with Gasteiger partial charge < -0.3 is 9.64 Å². The Bertz CT molecular complexity index is 963. The van der Waals surface area contributed by atoms with E-state index in [1.165, 1.54) is 6.07 Å². The molecule has 6 heteroatoms. The molecule has 2 aromatic carbocycles. The van der Waals surface area contributed by atoms with Crippen molar-refractivity contribution in [3.05, 3.63) is 54.0 Å². The number of hydrogen-bond donors (Lipinski definition) is 0. The second kappa shape index (κ2) is 6.46. The lowest BCUT2D eigenvalue weighted by atomic mass is 10.1. The maximum absolute atomic E-state index is 14.5. The van der Waals surface area contributed by atoms with Crippen LogP contribution in [-0.4, -0.2) is 36.3 Å². The van der Waals surface area contributed by atoms with Crippen LogP contribution in [0.5, 0.6) is 0 Å². The van der Waals surface area contributed by atoms with Crippen molar-refractivity contribution in [2.45, 2.75) is 0 Å². The van der Waals surface area contributed by atoms with Gasteiger partial charge in [0.1, 0.15) is 17.6 Å². The van der Waals surface area contributed by atoms with Crippen molar-refractivity contribution in [1.29, 1.82) is 5.26 Å². The van der Waals surface area contributed by atoms with Crippen molar-refractivity contribution in [2.75, 3.05) is 31.2 Å². The molecule has 2 heterocycles. The Kier molecular flexibility index (Phi) is 4.00. The lowest BCUT2D eigenvalue weighted by molar-refractivity contribution is 0.122. The molecule has 0 atom stereocenters. The zero-order valence-electron chi connectivity index (χ0n) is 13.4. The van der Waals surface area contributed by atoms with Crippen LogP contribution in [0.25, 0.3) is 22.3 Å². The van der Waals surface area contributed by atoms with Crippen molar-refractivity contribution in [1.82, 2.24) is 9.97 Å². The minimum atomic E-state index is -0.361. The van der Waals surface area contributed by atoms with Crippen molar-refractivity contribution in [2.24, 2.45) is 0 Å². The summed E-state index contributed by atoms with van der Waals surface area (Å²) >= 11 is 0. The Hall–Kier alpha value is -3.04. The number of rotatable bonds is 2. The molecule has 124 valence electrons. The fraction of sp³-hybridized carbons (Fsp3) is 0.211. The van der Waals surface area contributed by atoms with Gasteiger partial charge in [-0.2, -0.15) is 5.26 Å². The summed E-state index contributed by atoms with van der Waals surface area (Å²) in [6.07, 6.45) is 0. The van der Waals surface area contributed by atoms with Gasteiger partial charge in [0.2, 0.25) is 0 Å². The minimum absolute atomic E-state index is 0.192. The summed E-state index contributed by atoms with van der Waals surface area (Å²) in [4.78, 5) is 10.9. The van der Waals surface area contributed by atoms with E-state index < -0.39 is 0 Å². The first kappa shape index (κ1) is 15.5. The zero-order valence-corrected chi connectivity index (χ0v) is 13.4. The third-order valence-electron chi connectivity index (χ3n) is 4.24. The fourth-order valence-corrected chi connectivity index (χ4v) is 2.99. The van der Waals surface area contributed by atoms with Gasteiger partial charge >= 0.3 is 0 Å². The van der Waals surface area contributed by atoms with E-state index in [2.05, 4.69) is 16.0 Å². The van der Waals surface area contributed by atoms with E-state index in [1.807, 2.05) is 35.2 Å². The first-order chi connectivity index (χ1) is 12.3. The van der Waals surface area contributed by atoms with Crippen LogP contribution in [0.4, 0.5) is 10.1 Å². The Balaban J connectivity index is 1.87. The first-order valence-corrected chi connectivity index (χ1v) is 8.06. The number of hydrogen-bond acceptors (Lipinski definition) is 5. The minimum Gasteiger partial charge on any atom is -0.378 e. The number of fused-ring (bicyclic) bond motifs is 1. The van der Waals surface area contributed by atoms with Crippen LogP contribution < -0.4 is 4.90 Å². The highest BCUT2D eigenvalue weighted by Crippen LogP contribution is 2.28. The number of ether oxygens (including phenoxy) is 1. The van der Waals surface area contributed by atoms with Crippen molar-refractivity contribution >= 4 is 16.7 Å². The zero-order chi connectivity index (χ0) is 17.2. The molecule has 0 bridgehead atoms. The third-order valence-corrected chi connectivity index (χ3v) is 4.24. The number of nitriles is 1. The summed E-state index contributed by atoms with van der Waals surface area (Å²) in [6.45, 7) is 2.42. The summed E-state index contributed by atoms with van der Waals surface area (Å²) in [5, 5.41) is 9.40. The van der Waals surface area contributed by atoms with Gasteiger partial charge in [-0.3, -0.25) is 0 Å². The molecule has 0 amide bonds. The SMILES string of the molecule is N#Cc1nc2cc(F)c(N3CCOCC3)cc2nc1-c1ccccc1. The summed E-state index contributed by atoms with van der Waals surface area (Å²) < 4.78 is 19.9. The van der Waals surface area contributed by atoms with E-state index in [0.717, 1.165) is 5.56 Å². The maximum Gasteiger partial charge on any atom is 0.167 e. The molecule has 1 aliphatic rings. The van der Waals surface area contributed by atoms with Crippen LogP contribution in [0.15, 0.2) is 42.5 Å².